The molecule has 7 heteroatoms. The second-order valence-corrected chi connectivity index (χ2v) is 10.3. The van der Waals surface area contributed by atoms with E-state index in [1.54, 1.807) is 42.5 Å². The van der Waals surface area contributed by atoms with Gasteiger partial charge in [0, 0.05) is 44.0 Å². The second kappa shape index (κ2) is 8.45. The number of anilines is 2. The van der Waals surface area contributed by atoms with E-state index in [0.29, 0.717) is 25.2 Å². The minimum Gasteiger partial charge on any atom is -0.368 e. The van der Waals surface area contributed by atoms with Crippen LogP contribution in [0.5, 0.6) is 0 Å². The molecule has 1 aliphatic rings. The van der Waals surface area contributed by atoms with Gasteiger partial charge in [0.1, 0.15) is 0 Å². The number of benzene rings is 2. The zero-order chi connectivity index (χ0) is 21.1. The topological polar surface area (TPSA) is 69.7 Å². The highest BCUT2D eigenvalue weighted by molar-refractivity contribution is 7.92. The Kier molecular flexibility index (Phi) is 6.17. The van der Waals surface area contributed by atoms with Crippen LogP contribution in [0.15, 0.2) is 59.5 Å². The third kappa shape index (κ3) is 5.73. The molecule has 0 radical (unpaired) electrons. The Labute approximate surface area is 173 Å². The molecular weight excluding hydrogens is 386 g/mol. The molecule has 0 bridgehead atoms. The number of sulfonamides is 1. The summed E-state index contributed by atoms with van der Waals surface area (Å²) in [5, 5.41) is 0. The van der Waals surface area contributed by atoms with Gasteiger partial charge in [-0.15, -0.1) is 0 Å². The summed E-state index contributed by atoms with van der Waals surface area (Å²) in [4.78, 5) is 16.8. The van der Waals surface area contributed by atoms with Gasteiger partial charge in [0.2, 0.25) is 5.91 Å². The first-order valence-electron chi connectivity index (χ1n) is 9.85. The number of hydrogen-bond donors (Lipinski definition) is 1. The fourth-order valence-corrected chi connectivity index (χ4v) is 4.41. The monoisotopic (exact) mass is 415 g/mol. The second-order valence-electron chi connectivity index (χ2n) is 8.57. The molecule has 1 saturated heterocycles. The Hall–Kier alpha value is -2.54. The summed E-state index contributed by atoms with van der Waals surface area (Å²) in [6, 6.07) is 15.7. The summed E-state index contributed by atoms with van der Waals surface area (Å²) in [6.45, 7) is 9.18. The number of carbonyl (C=O) groups is 1. The molecule has 0 atom stereocenters. The molecule has 0 saturated carbocycles. The number of carbonyl (C=O) groups excluding carboxylic acids is 1. The summed E-state index contributed by atoms with van der Waals surface area (Å²) in [7, 11) is -3.59. The summed E-state index contributed by atoms with van der Waals surface area (Å²) < 4.78 is 27.5. The molecule has 0 spiro atoms. The van der Waals surface area contributed by atoms with Crippen molar-refractivity contribution in [1.82, 2.24) is 4.90 Å². The van der Waals surface area contributed by atoms with E-state index in [4.69, 9.17) is 0 Å². The maximum absolute atomic E-state index is 12.4. The predicted octanol–water partition coefficient (Wildman–Crippen LogP) is 3.57. The minimum atomic E-state index is -3.59. The van der Waals surface area contributed by atoms with Crippen LogP contribution in [0.3, 0.4) is 0 Å². The van der Waals surface area contributed by atoms with E-state index in [9.17, 15) is 13.2 Å². The maximum atomic E-state index is 12.4. The average Bonchev–Trinajstić information content (AvgIpc) is 2.68. The molecule has 29 heavy (non-hydrogen) atoms. The number of rotatable bonds is 5. The number of nitrogens with zero attached hydrogens (tertiary/aromatic N) is 2. The molecular formula is C22H29N3O3S. The zero-order valence-corrected chi connectivity index (χ0v) is 18.1. The van der Waals surface area contributed by atoms with E-state index in [1.165, 1.54) is 0 Å². The Morgan fingerprint density at radius 1 is 0.931 bits per heavy atom. The lowest BCUT2D eigenvalue weighted by Crippen LogP contribution is -2.49. The van der Waals surface area contributed by atoms with Crippen molar-refractivity contribution in [2.24, 2.45) is 5.41 Å². The molecule has 2 aromatic rings. The maximum Gasteiger partial charge on any atom is 0.261 e. The lowest BCUT2D eigenvalue weighted by molar-refractivity contribution is -0.133. The molecule has 0 aromatic heterocycles. The lowest BCUT2D eigenvalue weighted by Gasteiger charge is -2.37. The van der Waals surface area contributed by atoms with Crippen LogP contribution in [0.2, 0.25) is 0 Å². The van der Waals surface area contributed by atoms with Crippen molar-refractivity contribution in [3.63, 3.8) is 0 Å². The van der Waals surface area contributed by atoms with E-state index < -0.39 is 10.0 Å². The Bertz CT molecular complexity index is 928. The van der Waals surface area contributed by atoms with Gasteiger partial charge in [-0.1, -0.05) is 39.0 Å². The van der Waals surface area contributed by atoms with Crippen LogP contribution in [0.25, 0.3) is 0 Å². The van der Waals surface area contributed by atoms with Gasteiger partial charge in [-0.3, -0.25) is 9.52 Å². The quantitative estimate of drug-likeness (QED) is 0.810. The normalized spacial score (nSPS) is 15.3. The fourth-order valence-electron chi connectivity index (χ4n) is 3.33. The van der Waals surface area contributed by atoms with Crippen molar-refractivity contribution in [2.75, 3.05) is 35.8 Å². The van der Waals surface area contributed by atoms with Crippen LogP contribution in [0, 0.1) is 5.41 Å². The van der Waals surface area contributed by atoms with Crippen LogP contribution in [0.4, 0.5) is 11.4 Å². The van der Waals surface area contributed by atoms with Crippen LogP contribution in [-0.4, -0.2) is 45.4 Å². The van der Waals surface area contributed by atoms with Crippen molar-refractivity contribution in [1.29, 1.82) is 0 Å². The fraction of sp³-hybridized carbons (Fsp3) is 0.409. The standard InChI is InChI=1S/C22H29N3O3S/c1-22(2,3)17-21(26)25-15-13-24(14-16-25)19-11-9-18(10-12-19)23-29(27,28)20-7-5-4-6-8-20/h4-12,23H,13-17H2,1-3H3. The Morgan fingerprint density at radius 3 is 2.07 bits per heavy atom. The molecule has 6 nitrogen and oxygen atoms in total. The van der Waals surface area contributed by atoms with Crippen molar-refractivity contribution < 1.29 is 13.2 Å². The van der Waals surface area contributed by atoms with Gasteiger partial charge >= 0.3 is 0 Å². The molecule has 2 aromatic carbocycles. The van der Waals surface area contributed by atoms with Crippen molar-refractivity contribution in [2.45, 2.75) is 32.1 Å². The summed E-state index contributed by atoms with van der Waals surface area (Å²) in [6.07, 6.45) is 0.559. The molecule has 1 heterocycles. The average molecular weight is 416 g/mol. The first-order chi connectivity index (χ1) is 13.6. The smallest absolute Gasteiger partial charge is 0.261 e. The summed E-state index contributed by atoms with van der Waals surface area (Å²) in [5.74, 6) is 0.211. The molecule has 1 N–H and O–H groups in total. The molecule has 1 amide bonds. The third-order valence-corrected chi connectivity index (χ3v) is 6.25. The lowest BCUT2D eigenvalue weighted by atomic mass is 9.91. The summed E-state index contributed by atoms with van der Waals surface area (Å²) >= 11 is 0. The molecule has 156 valence electrons. The largest absolute Gasteiger partial charge is 0.368 e. The predicted molar refractivity (Wildman–Crippen MR) is 117 cm³/mol. The molecule has 0 aliphatic carbocycles. The van der Waals surface area contributed by atoms with Gasteiger partial charge in [0.25, 0.3) is 10.0 Å². The third-order valence-electron chi connectivity index (χ3n) is 4.85. The minimum absolute atomic E-state index is 0.00284. The van der Waals surface area contributed by atoms with Crippen LogP contribution < -0.4 is 9.62 Å². The van der Waals surface area contributed by atoms with Gasteiger partial charge < -0.3 is 9.80 Å². The number of piperazine rings is 1. The van der Waals surface area contributed by atoms with Crippen molar-refractivity contribution in [3.8, 4) is 0 Å². The number of nitrogens with one attached hydrogen (secondary N) is 1. The van der Waals surface area contributed by atoms with E-state index in [0.717, 1.165) is 18.8 Å². The van der Waals surface area contributed by atoms with E-state index in [1.807, 2.05) is 17.0 Å². The Balaban J connectivity index is 1.58. The van der Waals surface area contributed by atoms with E-state index >= 15 is 0 Å². The van der Waals surface area contributed by atoms with Gasteiger partial charge in [0.05, 0.1) is 4.90 Å². The van der Waals surface area contributed by atoms with Gasteiger partial charge in [-0.05, 0) is 41.8 Å². The van der Waals surface area contributed by atoms with Crippen molar-refractivity contribution in [3.05, 3.63) is 54.6 Å². The van der Waals surface area contributed by atoms with Crippen LogP contribution in [-0.2, 0) is 14.8 Å². The highest BCUT2D eigenvalue weighted by atomic mass is 32.2. The Morgan fingerprint density at radius 2 is 1.52 bits per heavy atom. The first-order valence-corrected chi connectivity index (χ1v) is 11.3. The van der Waals surface area contributed by atoms with E-state index in [-0.39, 0.29) is 16.2 Å². The highest BCUT2D eigenvalue weighted by Gasteiger charge is 2.25. The van der Waals surface area contributed by atoms with Gasteiger partial charge in [-0.2, -0.15) is 0 Å². The van der Waals surface area contributed by atoms with Crippen molar-refractivity contribution >= 4 is 27.3 Å². The summed E-state index contributed by atoms with van der Waals surface area (Å²) in [5.41, 5.74) is 1.55. The zero-order valence-electron chi connectivity index (χ0n) is 17.3. The van der Waals surface area contributed by atoms with Gasteiger partial charge in [-0.25, -0.2) is 8.42 Å². The number of hydrogen-bond acceptors (Lipinski definition) is 4. The SMILES string of the molecule is CC(C)(C)CC(=O)N1CCN(c2ccc(NS(=O)(=O)c3ccccc3)cc2)CC1. The molecule has 1 fully saturated rings. The molecule has 0 unspecified atom stereocenters. The molecule has 1 aliphatic heterocycles. The van der Waals surface area contributed by atoms with Gasteiger partial charge in [0.15, 0.2) is 0 Å². The van der Waals surface area contributed by atoms with E-state index in [2.05, 4.69) is 30.4 Å². The number of amides is 1. The highest BCUT2D eigenvalue weighted by Crippen LogP contribution is 2.23. The first kappa shape index (κ1) is 21.2. The molecule has 3 rings (SSSR count). The van der Waals surface area contributed by atoms with Crippen LogP contribution >= 0.6 is 0 Å². The van der Waals surface area contributed by atoms with Crippen LogP contribution in [0.1, 0.15) is 27.2 Å².